The van der Waals surface area contributed by atoms with Gasteiger partial charge >= 0.3 is 0 Å². The van der Waals surface area contributed by atoms with E-state index >= 15 is 0 Å². The Labute approximate surface area is 149 Å². The van der Waals surface area contributed by atoms with Gasteiger partial charge in [0.05, 0.1) is 5.54 Å². The largest absolute Gasteiger partial charge is 0.346 e. The zero-order valence-electron chi connectivity index (χ0n) is 14.2. The van der Waals surface area contributed by atoms with Crippen LogP contribution < -0.4 is 10.6 Å². The standard InChI is InChI=1S/C20H27ClN2O/c21-16-6-4-15(5-7-16)20(8-2-1-3-9-20)23-18(24)17-14-19(17)10-12-22-13-11-19/h4-7,17,22H,1-3,8-14H2,(H,23,24). The summed E-state index contributed by atoms with van der Waals surface area (Å²) >= 11 is 6.07. The molecule has 4 rings (SSSR count). The molecule has 24 heavy (non-hydrogen) atoms. The predicted molar refractivity (Wildman–Crippen MR) is 97.0 cm³/mol. The van der Waals surface area contributed by atoms with Crippen molar-refractivity contribution in [1.82, 2.24) is 10.6 Å². The van der Waals surface area contributed by atoms with Gasteiger partial charge in [0.25, 0.3) is 0 Å². The summed E-state index contributed by atoms with van der Waals surface area (Å²) in [6.07, 6.45) is 9.11. The molecular formula is C20H27ClN2O. The Balaban J connectivity index is 1.52. The van der Waals surface area contributed by atoms with Crippen molar-refractivity contribution in [3.05, 3.63) is 34.9 Å². The molecule has 1 aromatic carbocycles. The summed E-state index contributed by atoms with van der Waals surface area (Å²) in [6.45, 7) is 2.12. The van der Waals surface area contributed by atoms with Crippen molar-refractivity contribution in [2.45, 2.75) is 56.9 Å². The first-order valence-electron chi connectivity index (χ1n) is 9.42. The lowest BCUT2D eigenvalue weighted by atomic mass is 9.76. The summed E-state index contributed by atoms with van der Waals surface area (Å²) in [5.74, 6) is 0.513. The molecule has 2 aliphatic carbocycles. The Morgan fingerprint density at radius 2 is 1.71 bits per heavy atom. The molecule has 0 radical (unpaired) electrons. The Bertz CT molecular complexity index is 601. The van der Waals surface area contributed by atoms with E-state index in [-0.39, 0.29) is 17.4 Å². The fourth-order valence-electron chi connectivity index (χ4n) is 4.93. The van der Waals surface area contributed by atoms with Crippen molar-refractivity contribution in [3.63, 3.8) is 0 Å². The van der Waals surface area contributed by atoms with Crippen LogP contribution in [0.1, 0.15) is 56.9 Å². The summed E-state index contributed by atoms with van der Waals surface area (Å²) in [4.78, 5) is 13.0. The number of amides is 1. The molecule has 3 nitrogen and oxygen atoms in total. The van der Waals surface area contributed by atoms with Crippen molar-refractivity contribution in [3.8, 4) is 0 Å². The third-order valence-electron chi connectivity index (χ3n) is 6.57. The molecule has 1 amide bonds. The third kappa shape index (κ3) is 2.97. The SMILES string of the molecule is O=C(NC1(c2ccc(Cl)cc2)CCCCC1)C1CC12CCNCC2. The molecule has 0 bridgehead atoms. The molecule has 1 aliphatic heterocycles. The first kappa shape index (κ1) is 16.4. The highest BCUT2D eigenvalue weighted by Crippen LogP contribution is 2.59. The van der Waals surface area contributed by atoms with Crippen molar-refractivity contribution in [2.75, 3.05) is 13.1 Å². The van der Waals surface area contributed by atoms with Crippen LogP contribution in [-0.4, -0.2) is 19.0 Å². The first-order chi connectivity index (χ1) is 11.6. The monoisotopic (exact) mass is 346 g/mol. The van der Waals surface area contributed by atoms with Crippen molar-refractivity contribution in [2.24, 2.45) is 11.3 Å². The highest BCUT2D eigenvalue weighted by Gasteiger charge is 2.58. The van der Waals surface area contributed by atoms with E-state index in [0.717, 1.165) is 50.2 Å². The number of halogens is 1. The molecule has 1 aromatic rings. The van der Waals surface area contributed by atoms with Crippen molar-refractivity contribution < 1.29 is 4.79 Å². The van der Waals surface area contributed by atoms with Gasteiger partial charge in [-0.2, -0.15) is 0 Å². The lowest BCUT2D eigenvalue weighted by Gasteiger charge is -2.39. The molecule has 2 N–H and O–H groups in total. The topological polar surface area (TPSA) is 41.1 Å². The van der Waals surface area contributed by atoms with Crippen LogP contribution in [-0.2, 0) is 10.3 Å². The maximum atomic E-state index is 13.0. The van der Waals surface area contributed by atoms with Gasteiger partial charge in [-0.15, -0.1) is 0 Å². The molecule has 2 saturated carbocycles. The lowest BCUT2D eigenvalue weighted by Crippen LogP contribution is -2.48. The third-order valence-corrected chi connectivity index (χ3v) is 6.82. The quantitative estimate of drug-likeness (QED) is 0.868. The Kier molecular flexibility index (Phi) is 4.34. The van der Waals surface area contributed by atoms with Gasteiger partial charge in [0.1, 0.15) is 0 Å². The molecule has 1 heterocycles. The Morgan fingerprint density at radius 1 is 1.04 bits per heavy atom. The van der Waals surface area contributed by atoms with Gasteiger partial charge < -0.3 is 10.6 Å². The number of hydrogen-bond acceptors (Lipinski definition) is 2. The highest BCUT2D eigenvalue weighted by atomic mass is 35.5. The number of carbonyl (C=O) groups excluding carboxylic acids is 1. The van der Waals surface area contributed by atoms with Gasteiger partial charge in [0.15, 0.2) is 0 Å². The second-order valence-corrected chi connectivity index (χ2v) is 8.44. The molecule has 1 unspecified atom stereocenters. The minimum atomic E-state index is -0.184. The number of piperidine rings is 1. The molecule has 1 spiro atoms. The molecule has 4 heteroatoms. The predicted octanol–water partition coefficient (Wildman–Crippen LogP) is 4.01. The van der Waals surface area contributed by atoms with Crippen LogP contribution in [0.15, 0.2) is 24.3 Å². The van der Waals surface area contributed by atoms with Crippen LogP contribution in [0.3, 0.4) is 0 Å². The normalized spacial score (nSPS) is 27.6. The van der Waals surface area contributed by atoms with Crippen LogP contribution in [0.4, 0.5) is 0 Å². The van der Waals surface area contributed by atoms with Gasteiger partial charge in [0.2, 0.25) is 5.91 Å². The second kappa shape index (κ2) is 6.34. The van der Waals surface area contributed by atoms with Gasteiger partial charge in [-0.25, -0.2) is 0 Å². The maximum absolute atomic E-state index is 13.0. The van der Waals surface area contributed by atoms with E-state index in [9.17, 15) is 4.79 Å². The molecule has 130 valence electrons. The molecule has 3 aliphatic rings. The summed E-state index contributed by atoms with van der Waals surface area (Å²) in [5, 5.41) is 7.67. The van der Waals surface area contributed by atoms with Crippen molar-refractivity contribution in [1.29, 1.82) is 0 Å². The van der Waals surface area contributed by atoms with Crippen LogP contribution in [0.2, 0.25) is 5.02 Å². The minimum absolute atomic E-state index is 0.184. The minimum Gasteiger partial charge on any atom is -0.346 e. The molecule has 3 fully saturated rings. The van der Waals surface area contributed by atoms with E-state index in [1.807, 2.05) is 12.1 Å². The average molecular weight is 347 g/mol. The number of rotatable bonds is 3. The van der Waals surface area contributed by atoms with Gasteiger partial charge in [-0.1, -0.05) is 43.0 Å². The zero-order chi connectivity index (χ0) is 16.6. The summed E-state index contributed by atoms with van der Waals surface area (Å²) in [6, 6.07) is 8.10. The number of carbonyl (C=O) groups is 1. The average Bonchev–Trinajstić information content (AvgIpc) is 3.30. The number of nitrogens with one attached hydrogen (secondary N) is 2. The van der Waals surface area contributed by atoms with E-state index in [4.69, 9.17) is 11.6 Å². The molecule has 0 aromatic heterocycles. The summed E-state index contributed by atoms with van der Waals surface area (Å²) < 4.78 is 0. The van der Waals surface area contributed by atoms with Gasteiger partial charge in [-0.05, 0) is 68.3 Å². The molecular weight excluding hydrogens is 320 g/mol. The van der Waals surface area contributed by atoms with Crippen molar-refractivity contribution >= 4 is 17.5 Å². The molecule has 1 saturated heterocycles. The van der Waals surface area contributed by atoms with E-state index in [2.05, 4.69) is 22.8 Å². The van der Waals surface area contributed by atoms with E-state index in [1.165, 1.54) is 24.8 Å². The smallest absolute Gasteiger partial charge is 0.224 e. The second-order valence-electron chi connectivity index (χ2n) is 8.01. The lowest BCUT2D eigenvalue weighted by molar-refractivity contribution is -0.125. The van der Waals surface area contributed by atoms with Gasteiger partial charge in [-0.3, -0.25) is 4.79 Å². The number of benzene rings is 1. The fourth-order valence-corrected chi connectivity index (χ4v) is 5.05. The molecule has 1 atom stereocenters. The van der Waals surface area contributed by atoms with Crippen LogP contribution in [0.5, 0.6) is 0 Å². The van der Waals surface area contributed by atoms with Gasteiger partial charge in [0, 0.05) is 10.9 Å². The van der Waals surface area contributed by atoms with E-state index in [1.54, 1.807) is 0 Å². The summed E-state index contributed by atoms with van der Waals surface area (Å²) in [7, 11) is 0. The van der Waals surface area contributed by atoms with Crippen LogP contribution >= 0.6 is 11.6 Å². The van der Waals surface area contributed by atoms with Crippen LogP contribution in [0.25, 0.3) is 0 Å². The first-order valence-corrected chi connectivity index (χ1v) is 9.80. The Hall–Kier alpha value is -1.06. The van der Waals surface area contributed by atoms with Crippen LogP contribution in [0, 0.1) is 11.3 Å². The maximum Gasteiger partial charge on any atom is 0.224 e. The van der Waals surface area contributed by atoms with E-state index < -0.39 is 0 Å². The highest BCUT2D eigenvalue weighted by molar-refractivity contribution is 6.30. The number of hydrogen-bond donors (Lipinski definition) is 2. The summed E-state index contributed by atoms with van der Waals surface area (Å²) in [5.41, 5.74) is 1.34. The Morgan fingerprint density at radius 3 is 2.38 bits per heavy atom. The van der Waals surface area contributed by atoms with E-state index in [0.29, 0.717) is 5.41 Å². The zero-order valence-corrected chi connectivity index (χ0v) is 15.0. The fraction of sp³-hybridized carbons (Fsp3) is 0.650.